The molecule has 4 heterocycles. The van der Waals surface area contributed by atoms with Crippen molar-refractivity contribution < 1.29 is 9.59 Å². The van der Waals surface area contributed by atoms with Crippen molar-refractivity contribution in [2.24, 2.45) is 11.7 Å². The molecule has 27 heavy (non-hydrogen) atoms. The van der Waals surface area contributed by atoms with E-state index in [0.29, 0.717) is 29.7 Å². The van der Waals surface area contributed by atoms with E-state index < -0.39 is 0 Å². The van der Waals surface area contributed by atoms with Gasteiger partial charge in [-0.05, 0) is 24.3 Å². The Hall–Kier alpha value is -2.52. The van der Waals surface area contributed by atoms with Gasteiger partial charge in [-0.15, -0.1) is 22.7 Å². The summed E-state index contributed by atoms with van der Waals surface area (Å²) in [6.45, 7) is 0.802. The smallest absolute Gasteiger partial charge is 0.263 e. The molecule has 0 spiro atoms. The maximum Gasteiger partial charge on any atom is 0.263 e. The lowest BCUT2D eigenvalue weighted by atomic mass is 9.97. The molecule has 4 rings (SSSR count). The number of amides is 2. The number of nitrogens with zero attached hydrogens (tertiary/aromatic N) is 3. The van der Waals surface area contributed by atoms with Crippen molar-refractivity contribution in [2.75, 3.05) is 13.1 Å². The van der Waals surface area contributed by atoms with Crippen molar-refractivity contribution in [3.8, 4) is 10.4 Å². The molecular weight excluding hydrogens is 384 g/mol. The average molecular weight is 403 g/mol. The molecule has 140 valence electrons. The Labute approximate surface area is 163 Å². The minimum absolute atomic E-state index is 0.0903. The fraction of sp³-hybridized carbons (Fsp3) is 0.333. The van der Waals surface area contributed by atoms with Crippen LogP contribution in [-0.2, 0) is 16.1 Å². The summed E-state index contributed by atoms with van der Waals surface area (Å²) in [6.07, 6.45) is 2.86. The van der Waals surface area contributed by atoms with E-state index in [1.807, 2.05) is 22.9 Å². The minimum Gasteiger partial charge on any atom is -0.369 e. The van der Waals surface area contributed by atoms with Crippen LogP contribution in [0.5, 0.6) is 0 Å². The Kier molecular flexibility index (Phi) is 4.79. The maximum atomic E-state index is 13.0. The van der Waals surface area contributed by atoms with Gasteiger partial charge in [0.2, 0.25) is 11.8 Å². The van der Waals surface area contributed by atoms with Gasteiger partial charge >= 0.3 is 0 Å². The van der Waals surface area contributed by atoms with Crippen LogP contribution in [0.15, 0.2) is 34.0 Å². The molecule has 1 saturated heterocycles. The molecule has 1 unspecified atom stereocenters. The summed E-state index contributed by atoms with van der Waals surface area (Å²) in [5, 5.41) is 4.44. The lowest BCUT2D eigenvalue weighted by Gasteiger charge is -2.31. The lowest BCUT2D eigenvalue weighted by molar-refractivity contribution is -0.135. The van der Waals surface area contributed by atoms with Crippen molar-refractivity contribution in [1.82, 2.24) is 14.5 Å². The summed E-state index contributed by atoms with van der Waals surface area (Å²) in [7, 11) is 0. The largest absolute Gasteiger partial charge is 0.369 e. The van der Waals surface area contributed by atoms with Gasteiger partial charge in [0.25, 0.3) is 5.56 Å². The average Bonchev–Trinajstić information content (AvgIpc) is 3.33. The number of piperidine rings is 1. The summed E-state index contributed by atoms with van der Waals surface area (Å²) >= 11 is 2.98. The van der Waals surface area contributed by atoms with Gasteiger partial charge in [-0.1, -0.05) is 6.07 Å². The summed E-state index contributed by atoms with van der Waals surface area (Å²) in [4.78, 5) is 44.7. The zero-order chi connectivity index (χ0) is 19.0. The van der Waals surface area contributed by atoms with Crippen molar-refractivity contribution in [3.63, 3.8) is 0 Å². The molecule has 1 fully saturated rings. The van der Waals surface area contributed by atoms with Gasteiger partial charge < -0.3 is 10.6 Å². The topological polar surface area (TPSA) is 98.3 Å². The highest BCUT2D eigenvalue weighted by Gasteiger charge is 2.27. The monoisotopic (exact) mass is 402 g/mol. The van der Waals surface area contributed by atoms with E-state index in [1.165, 1.54) is 22.2 Å². The fourth-order valence-electron chi connectivity index (χ4n) is 3.37. The summed E-state index contributed by atoms with van der Waals surface area (Å²) < 4.78 is 1.35. The van der Waals surface area contributed by atoms with E-state index in [1.54, 1.807) is 16.2 Å². The normalized spacial score (nSPS) is 17.3. The van der Waals surface area contributed by atoms with Gasteiger partial charge in [-0.2, -0.15) is 0 Å². The maximum absolute atomic E-state index is 13.0. The molecular formula is C18H18N4O3S2. The molecule has 0 aliphatic carbocycles. The van der Waals surface area contributed by atoms with Gasteiger partial charge in [0.15, 0.2) is 0 Å². The van der Waals surface area contributed by atoms with Crippen LogP contribution in [0.25, 0.3) is 20.7 Å². The molecule has 1 aliphatic rings. The Morgan fingerprint density at radius 2 is 2.19 bits per heavy atom. The lowest BCUT2D eigenvalue weighted by Crippen LogP contribution is -2.45. The number of nitrogens with two attached hydrogens (primary N) is 1. The van der Waals surface area contributed by atoms with E-state index in [-0.39, 0.29) is 29.8 Å². The van der Waals surface area contributed by atoms with Crippen molar-refractivity contribution in [3.05, 3.63) is 39.6 Å². The van der Waals surface area contributed by atoms with Crippen LogP contribution in [0, 0.1) is 5.92 Å². The molecule has 0 aromatic carbocycles. The standard InChI is InChI=1S/C18H18N4O3S2/c19-16(24)11-3-1-5-21(7-11)14(23)8-22-10-20-17-15(18(22)25)12(9-27-17)13-4-2-6-26-13/h2,4,6,9-11H,1,3,5,7-8H2,(H2,19,24). The third-order valence-electron chi connectivity index (χ3n) is 4.83. The third kappa shape index (κ3) is 3.40. The Balaban J connectivity index is 1.62. The van der Waals surface area contributed by atoms with Crippen molar-refractivity contribution >= 4 is 44.7 Å². The molecule has 1 atom stereocenters. The predicted molar refractivity (Wildman–Crippen MR) is 106 cm³/mol. The van der Waals surface area contributed by atoms with Gasteiger partial charge in [-0.3, -0.25) is 19.0 Å². The molecule has 1 aliphatic heterocycles. The van der Waals surface area contributed by atoms with Crippen LogP contribution in [0.1, 0.15) is 12.8 Å². The first-order valence-corrected chi connectivity index (χ1v) is 10.4. The minimum atomic E-state index is -0.383. The fourth-order valence-corrected chi connectivity index (χ4v) is 5.10. The number of fused-ring (bicyclic) bond motifs is 1. The first-order valence-electron chi connectivity index (χ1n) is 8.62. The number of thiophene rings is 2. The highest BCUT2D eigenvalue weighted by atomic mass is 32.1. The number of rotatable bonds is 4. The summed E-state index contributed by atoms with van der Waals surface area (Å²) in [6, 6.07) is 3.90. The van der Waals surface area contributed by atoms with Crippen LogP contribution in [0.3, 0.4) is 0 Å². The predicted octanol–water partition coefficient (Wildman–Crippen LogP) is 1.91. The molecule has 9 heteroatoms. The molecule has 7 nitrogen and oxygen atoms in total. The second-order valence-corrected chi connectivity index (χ2v) is 8.37. The molecule has 2 amide bonds. The van der Waals surface area contributed by atoms with E-state index in [0.717, 1.165) is 16.9 Å². The Morgan fingerprint density at radius 1 is 1.33 bits per heavy atom. The van der Waals surface area contributed by atoms with Gasteiger partial charge in [-0.25, -0.2) is 4.98 Å². The van der Waals surface area contributed by atoms with Crippen molar-refractivity contribution in [2.45, 2.75) is 19.4 Å². The third-order valence-corrected chi connectivity index (χ3v) is 6.62. The number of hydrogen-bond donors (Lipinski definition) is 1. The van der Waals surface area contributed by atoms with E-state index >= 15 is 0 Å². The number of hydrogen-bond acceptors (Lipinski definition) is 6. The number of likely N-dealkylation sites (tertiary alicyclic amines) is 1. The van der Waals surface area contributed by atoms with Crippen LogP contribution in [-0.4, -0.2) is 39.4 Å². The molecule has 3 aromatic rings. The second-order valence-electron chi connectivity index (χ2n) is 6.57. The van der Waals surface area contributed by atoms with Gasteiger partial charge in [0.05, 0.1) is 17.6 Å². The van der Waals surface area contributed by atoms with Gasteiger partial charge in [0, 0.05) is 28.9 Å². The van der Waals surface area contributed by atoms with E-state index in [4.69, 9.17) is 5.73 Å². The molecule has 3 aromatic heterocycles. The zero-order valence-electron chi connectivity index (χ0n) is 14.5. The highest BCUT2D eigenvalue weighted by Crippen LogP contribution is 2.33. The van der Waals surface area contributed by atoms with Crippen LogP contribution in [0.4, 0.5) is 0 Å². The highest BCUT2D eigenvalue weighted by molar-refractivity contribution is 7.18. The second kappa shape index (κ2) is 7.24. The Morgan fingerprint density at radius 3 is 2.93 bits per heavy atom. The van der Waals surface area contributed by atoms with E-state index in [2.05, 4.69) is 4.98 Å². The quantitative estimate of drug-likeness (QED) is 0.721. The summed E-state index contributed by atoms with van der Waals surface area (Å²) in [5.41, 5.74) is 6.02. The zero-order valence-corrected chi connectivity index (χ0v) is 16.1. The Bertz CT molecular complexity index is 1050. The molecule has 0 bridgehead atoms. The molecule has 0 saturated carbocycles. The number of carbonyl (C=O) groups is 2. The number of carbonyl (C=O) groups excluding carboxylic acids is 2. The van der Waals surface area contributed by atoms with Crippen molar-refractivity contribution in [1.29, 1.82) is 0 Å². The van der Waals surface area contributed by atoms with Gasteiger partial charge in [0.1, 0.15) is 11.4 Å². The van der Waals surface area contributed by atoms with E-state index in [9.17, 15) is 14.4 Å². The SMILES string of the molecule is NC(=O)C1CCCN(C(=O)Cn2cnc3scc(-c4cccs4)c3c2=O)C1. The summed E-state index contributed by atoms with van der Waals surface area (Å²) in [5.74, 6) is -0.897. The molecule has 2 N–H and O–H groups in total. The van der Waals surface area contributed by atoms with Crippen LogP contribution >= 0.6 is 22.7 Å². The first kappa shape index (κ1) is 17.9. The van der Waals surface area contributed by atoms with Crippen LogP contribution in [0.2, 0.25) is 0 Å². The number of primary amides is 1. The van der Waals surface area contributed by atoms with Crippen LogP contribution < -0.4 is 11.3 Å². The number of aromatic nitrogens is 2. The molecule has 0 radical (unpaired) electrons. The first-order chi connectivity index (χ1) is 13.0.